The van der Waals surface area contributed by atoms with E-state index in [0.717, 1.165) is 19.4 Å². The van der Waals surface area contributed by atoms with Crippen LogP contribution in [0.1, 0.15) is 33.6 Å². The molecule has 0 bridgehead atoms. The molecule has 0 aromatic carbocycles. The summed E-state index contributed by atoms with van der Waals surface area (Å²) in [7, 11) is -1.65. The molecule has 1 rings (SSSR count). The summed E-state index contributed by atoms with van der Waals surface area (Å²) in [5.74, 6) is 0.523. The van der Waals surface area contributed by atoms with E-state index in [9.17, 15) is 0 Å². The Morgan fingerprint density at radius 3 is 2.42 bits per heavy atom. The van der Waals surface area contributed by atoms with Crippen molar-refractivity contribution in [3.05, 3.63) is 25.3 Å². The minimum Gasteiger partial charge on any atom is -0.415 e. The summed E-state index contributed by atoms with van der Waals surface area (Å²) in [6.07, 6.45) is 6.26. The molecule has 0 amide bonds. The molecule has 1 saturated heterocycles. The lowest BCUT2D eigenvalue weighted by Gasteiger charge is -2.37. The van der Waals surface area contributed by atoms with Gasteiger partial charge < -0.3 is 9.74 Å². The summed E-state index contributed by atoms with van der Waals surface area (Å²) in [5.41, 5.74) is 0. The summed E-state index contributed by atoms with van der Waals surface area (Å²) < 4.78 is 6.34. The molecule has 110 valence electrons. The maximum atomic E-state index is 6.34. The molecular weight excluding hydrogens is 250 g/mol. The molecule has 1 aliphatic heterocycles. The van der Waals surface area contributed by atoms with Gasteiger partial charge in [-0.15, -0.1) is 13.2 Å². The number of rotatable bonds is 6. The molecule has 3 atom stereocenters. The van der Waals surface area contributed by atoms with Crippen LogP contribution in [0, 0.1) is 5.92 Å². The van der Waals surface area contributed by atoms with E-state index < -0.39 is 8.32 Å². The van der Waals surface area contributed by atoms with Crippen LogP contribution in [0.3, 0.4) is 0 Å². The highest BCUT2D eigenvalue weighted by Crippen LogP contribution is 2.37. The van der Waals surface area contributed by atoms with Crippen molar-refractivity contribution in [1.29, 1.82) is 0 Å². The van der Waals surface area contributed by atoms with Crippen molar-refractivity contribution in [1.82, 2.24) is 5.32 Å². The van der Waals surface area contributed by atoms with Gasteiger partial charge in [-0.05, 0) is 36.9 Å². The van der Waals surface area contributed by atoms with Gasteiger partial charge in [0.05, 0.1) is 0 Å². The standard InChI is InChI=1S/C16H31NOSi/c1-8-10-14-11-13(9-2)15(17-14)12-18-19(6,7)16(3,4)5/h8-9,13-15,17H,1-2,10-12H2,3-7H3/t13-,14-,15+/m1/s1. The maximum absolute atomic E-state index is 6.34. The highest BCUT2D eigenvalue weighted by Gasteiger charge is 2.39. The van der Waals surface area contributed by atoms with E-state index in [0.29, 0.717) is 18.0 Å². The molecule has 0 aliphatic carbocycles. The van der Waals surface area contributed by atoms with Gasteiger partial charge in [-0.2, -0.15) is 0 Å². The van der Waals surface area contributed by atoms with Crippen molar-refractivity contribution in [2.24, 2.45) is 5.92 Å². The van der Waals surface area contributed by atoms with Crippen molar-refractivity contribution in [2.45, 2.75) is 63.8 Å². The molecule has 0 spiro atoms. The van der Waals surface area contributed by atoms with Crippen molar-refractivity contribution >= 4 is 8.32 Å². The Morgan fingerprint density at radius 2 is 1.95 bits per heavy atom. The van der Waals surface area contributed by atoms with Crippen LogP contribution in [0.5, 0.6) is 0 Å². The van der Waals surface area contributed by atoms with Gasteiger partial charge in [0.25, 0.3) is 0 Å². The summed E-state index contributed by atoms with van der Waals surface area (Å²) >= 11 is 0. The quantitative estimate of drug-likeness (QED) is 0.584. The van der Waals surface area contributed by atoms with E-state index in [1.807, 2.05) is 6.08 Å². The van der Waals surface area contributed by atoms with E-state index in [1.165, 1.54) is 0 Å². The van der Waals surface area contributed by atoms with Crippen molar-refractivity contribution in [3.8, 4) is 0 Å². The second-order valence-electron chi connectivity index (χ2n) is 7.20. The zero-order valence-electron chi connectivity index (χ0n) is 13.3. The summed E-state index contributed by atoms with van der Waals surface area (Å²) in [4.78, 5) is 0. The predicted octanol–water partition coefficient (Wildman–Crippen LogP) is 4.12. The van der Waals surface area contributed by atoms with Crippen LogP contribution in [-0.4, -0.2) is 27.0 Å². The first-order valence-corrected chi connectivity index (χ1v) is 10.3. The molecule has 3 heteroatoms. The van der Waals surface area contributed by atoms with E-state index in [2.05, 4.69) is 58.4 Å². The Bertz CT molecular complexity index is 319. The maximum Gasteiger partial charge on any atom is 0.192 e. The zero-order valence-corrected chi connectivity index (χ0v) is 14.3. The third kappa shape index (κ3) is 4.30. The molecule has 0 unspecified atom stereocenters. The van der Waals surface area contributed by atoms with Gasteiger partial charge in [0, 0.05) is 18.7 Å². The second kappa shape index (κ2) is 6.38. The van der Waals surface area contributed by atoms with Crippen LogP contribution in [0.2, 0.25) is 18.1 Å². The molecule has 2 nitrogen and oxygen atoms in total. The normalized spacial score (nSPS) is 28.4. The van der Waals surface area contributed by atoms with Gasteiger partial charge in [-0.1, -0.05) is 32.9 Å². The first-order chi connectivity index (χ1) is 8.71. The summed E-state index contributed by atoms with van der Waals surface area (Å²) in [5, 5.41) is 3.95. The SMILES string of the molecule is C=CC[C@@H]1C[C@@H](C=C)[C@H](CO[Si](C)(C)C(C)(C)C)N1. The first-order valence-electron chi connectivity index (χ1n) is 7.34. The van der Waals surface area contributed by atoms with Gasteiger partial charge in [0.1, 0.15) is 0 Å². The van der Waals surface area contributed by atoms with Crippen molar-refractivity contribution < 1.29 is 4.43 Å². The van der Waals surface area contributed by atoms with Crippen LogP contribution in [0.25, 0.3) is 0 Å². The lowest BCUT2D eigenvalue weighted by molar-refractivity contribution is 0.237. The smallest absolute Gasteiger partial charge is 0.192 e. The lowest BCUT2D eigenvalue weighted by Crippen LogP contribution is -2.45. The third-order valence-electron chi connectivity index (χ3n) is 4.71. The van der Waals surface area contributed by atoms with Gasteiger partial charge in [0.15, 0.2) is 8.32 Å². The van der Waals surface area contributed by atoms with E-state index in [-0.39, 0.29) is 5.04 Å². The summed E-state index contributed by atoms with van der Waals surface area (Å²) in [6, 6.07) is 0.949. The average Bonchev–Trinajstić information content (AvgIpc) is 2.68. The van der Waals surface area contributed by atoms with Crippen molar-refractivity contribution in [2.75, 3.05) is 6.61 Å². The van der Waals surface area contributed by atoms with Gasteiger partial charge in [0.2, 0.25) is 0 Å². The topological polar surface area (TPSA) is 21.3 Å². The molecule has 0 aromatic rings. The van der Waals surface area contributed by atoms with Crippen LogP contribution in [-0.2, 0) is 4.43 Å². The number of hydrogen-bond donors (Lipinski definition) is 1. The lowest BCUT2D eigenvalue weighted by atomic mass is 9.99. The fourth-order valence-electron chi connectivity index (χ4n) is 2.30. The number of nitrogens with one attached hydrogen (secondary N) is 1. The fraction of sp³-hybridized carbons (Fsp3) is 0.750. The average molecular weight is 282 g/mol. The zero-order chi connectivity index (χ0) is 14.7. The highest BCUT2D eigenvalue weighted by atomic mass is 28.4. The largest absolute Gasteiger partial charge is 0.415 e. The van der Waals surface area contributed by atoms with Crippen LogP contribution < -0.4 is 5.32 Å². The minimum absolute atomic E-state index is 0.274. The highest BCUT2D eigenvalue weighted by molar-refractivity contribution is 6.74. The van der Waals surface area contributed by atoms with Crippen LogP contribution in [0.15, 0.2) is 25.3 Å². The molecule has 1 aliphatic rings. The molecule has 1 fully saturated rings. The Morgan fingerprint density at radius 1 is 1.32 bits per heavy atom. The van der Waals surface area contributed by atoms with Gasteiger partial charge in [-0.3, -0.25) is 0 Å². The molecular formula is C16H31NOSi. The second-order valence-corrected chi connectivity index (χ2v) is 12.0. The number of hydrogen-bond acceptors (Lipinski definition) is 2. The van der Waals surface area contributed by atoms with Gasteiger partial charge in [-0.25, -0.2) is 0 Å². The Balaban J connectivity index is 2.57. The first kappa shape index (κ1) is 16.7. The fourth-order valence-corrected chi connectivity index (χ4v) is 3.33. The Kier molecular flexibility index (Phi) is 5.60. The molecule has 0 radical (unpaired) electrons. The molecule has 0 aromatic heterocycles. The van der Waals surface area contributed by atoms with Crippen LogP contribution in [0.4, 0.5) is 0 Å². The molecule has 1 N–H and O–H groups in total. The predicted molar refractivity (Wildman–Crippen MR) is 87.0 cm³/mol. The van der Waals surface area contributed by atoms with E-state index in [4.69, 9.17) is 4.43 Å². The van der Waals surface area contributed by atoms with Crippen LogP contribution >= 0.6 is 0 Å². The summed E-state index contributed by atoms with van der Waals surface area (Å²) in [6.45, 7) is 20.1. The molecule has 1 heterocycles. The van der Waals surface area contributed by atoms with Crippen molar-refractivity contribution in [3.63, 3.8) is 0 Å². The molecule has 19 heavy (non-hydrogen) atoms. The van der Waals surface area contributed by atoms with Gasteiger partial charge >= 0.3 is 0 Å². The third-order valence-corrected chi connectivity index (χ3v) is 9.21. The van der Waals surface area contributed by atoms with E-state index >= 15 is 0 Å². The Labute approximate surface area is 120 Å². The van der Waals surface area contributed by atoms with E-state index in [1.54, 1.807) is 0 Å². The monoisotopic (exact) mass is 281 g/mol. The molecule has 0 saturated carbocycles. The Hall–Kier alpha value is -0.383. The minimum atomic E-state index is -1.65.